The van der Waals surface area contributed by atoms with Crippen LogP contribution in [-0.2, 0) is 29.7 Å². The van der Waals surface area contributed by atoms with E-state index < -0.39 is 5.82 Å². The number of benzene rings is 3. The third-order valence-electron chi connectivity index (χ3n) is 9.28. The number of ether oxygens (including phenoxy) is 2. The molecule has 0 radical (unpaired) electrons. The van der Waals surface area contributed by atoms with E-state index in [4.69, 9.17) is 26.1 Å². The van der Waals surface area contributed by atoms with Crippen LogP contribution >= 0.6 is 11.6 Å². The van der Waals surface area contributed by atoms with Gasteiger partial charge >= 0.3 is 0 Å². The number of nitrogens with one attached hydrogen (secondary N) is 2. The van der Waals surface area contributed by atoms with E-state index in [0.717, 1.165) is 91.3 Å². The molecule has 0 bridgehead atoms. The summed E-state index contributed by atoms with van der Waals surface area (Å²) in [5.74, 6) is 1.31. The molecule has 2 aliphatic heterocycles. The zero-order chi connectivity index (χ0) is 35.7. The first-order valence-corrected chi connectivity index (χ1v) is 17.6. The molecule has 12 heteroatoms. The van der Waals surface area contributed by atoms with Crippen molar-refractivity contribution in [2.45, 2.75) is 45.8 Å². The second kappa shape index (κ2) is 16.9. The number of aromatic amines is 1. The second-order valence-electron chi connectivity index (χ2n) is 12.9. The predicted molar refractivity (Wildman–Crippen MR) is 201 cm³/mol. The number of amides is 1. The number of likely N-dealkylation sites (tertiary alicyclic amines) is 1. The fourth-order valence-electron chi connectivity index (χ4n) is 6.03. The molecule has 266 valence electrons. The lowest BCUT2D eigenvalue weighted by Gasteiger charge is -2.31. The molecule has 2 aromatic heterocycles. The molecule has 10 nitrogen and oxygen atoms in total. The third-order valence-corrected chi connectivity index (χ3v) is 9.51. The number of aromatic nitrogens is 4. The van der Waals surface area contributed by atoms with Crippen LogP contribution in [0.25, 0.3) is 21.9 Å². The number of piperidine rings is 1. The van der Waals surface area contributed by atoms with Gasteiger partial charge in [-0.05, 0) is 113 Å². The number of aliphatic imine (C=N–C) groups is 1. The first-order valence-electron chi connectivity index (χ1n) is 17.2. The van der Waals surface area contributed by atoms with Crippen LogP contribution in [0, 0.1) is 18.7 Å². The summed E-state index contributed by atoms with van der Waals surface area (Å²) < 4.78 is 26.4. The highest BCUT2D eigenvalue weighted by atomic mass is 35.5. The Balaban J connectivity index is 0.00000105. The van der Waals surface area contributed by atoms with Gasteiger partial charge in [0.2, 0.25) is 5.88 Å². The van der Waals surface area contributed by atoms with Crippen molar-refractivity contribution in [3.63, 3.8) is 0 Å². The van der Waals surface area contributed by atoms with Gasteiger partial charge in [-0.1, -0.05) is 29.8 Å². The smallest absolute Gasteiger partial charge is 0.255 e. The molecule has 4 heterocycles. The molecule has 2 aliphatic rings. The minimum Gasteiger partial charge on any atom is -0.473 e. The fraction of sp³-hybridized carbons (Fsp3) is 0.333. The Bertz CT molecular complexity index is 2050. The van der Waals surface area contributed by atoms with Gasteiger partial charge in [0, 0.05) is 53.2 Å². The molecule has 0 saturated carbocycles. The Morgan fingerprint density at radius 1 is 1.16 bits per heavy atom. The van der Waals surface area contributed by atoms with E-state index in [1.54, 1.807) is 18.2 Å². The molecule has 0 unspecified atom stereocenters. The highest BCUT2D eigenvalue weighted by molar-refractivity contribution is 6.30. The Labute approximate surface area is 302 Å². The van der Waals surface area contributed by atoms with Gasteiger partial charge in [-0.25, -0.2) is 14.4 Å². The molecule has 2 saturated heterocycles. The van der Waals surface area contributed by atoms with Crippen molar-refractivity contribution in [2.75, 3.05) is 31.6 Å². The topological polar surface area (TPSA) is 110 Å². The summed E-state index contributed by atoms with van der Waals surface area (Å²) in [7, 11) is 2.03. The summed E-state index contributed by atoms with van der Waals surface area (Å²) in [5, 5.41) is 11.6. The summed E-state index contributed by atoms with van der Waals surface area (Å²) in [6.45, 7) is 10.3. The van der Waals surface area contributed by atoms with Crippen molar-refractivity contribution < 1.29 is 18.7 Å². The molecule has 5 aromatic rings. The molecular weight excluding hydrogens is 669 g/mol. The van der Waals surface area contributed by atoms with E-state index in [9.17, 15) is 9.18 Å². The lowest BCUT2D eigenvalue weighted by Crippen LogP contribution is -2.33. The van der Waals surface area contributed by atoms with Crippen LogP contribution in [0.1, 0.15) is 53.1 Å². The van der Waals surface area contributed by atoms with Crippen LogP contribution in [0.5, 0.6) is 0 Å². The summed E-state index contributed by atoms with van der Waals surface area (Å²) in [5.41, 5.74) is 5.32. The van der Waals surface area contributed by atoms with Crippen LogP contribution in [0.2, 0.25) is 5.02 Å². The molecule has 3 aromatic carbocycles. The predicted octanol–water partition coefficient (Wildman–Crippen LogP) is 8.13. The number of H-pyrrole nitrogens is 1. The number of hydrogen-bond donors (Lipinski definition) is 2. The van der Waals surface area contributed by atoms with E-state index in [2.05, 4.69) is 42.8 Å². The maximum atomic E-state index is 14.0. The second-order valence-corrected chi connectivity index (χ2v) is 13.3. The zero-order valence-corrected chi connectivity index (χ0v) is 29.8. The van der Waals surface area contributed by atoms with Gasteiger partial charge in [0.1, 0.15) is 18.2 Å². The van der Waals surface area contributed by atoms with Crippen LogP contribution < -0.4 is 5.32 Å². The summed E-state index contributed by atoms with van der Waals surface area (Å²) in [6.07, 6.45) is 10.2. The molecule has 51 heavy (non-hydrogen) atoms. The van der Waals surface area contributed by atoms with Gasteiger partial charge in [-0.15, -0.1) is 0 Å². The Morgan fingerprint density at radius 3 is 2.67 bits per heavy atom. The number of halogens is 2. The monoisotopic (exact) mass is 711 g/mol. The number of carbonyl (C=O) groups is 1. The van der Waals surface area contributed by atoms with E-state index in [1.165, 1.54) is 12.5 Å². The van der Waals surface area contributed by atoms with Gasteiger partial charge in [-0.3, -0.25) is 14.8 Å². The third kappa shape index (κ3) is 9.29. The number of nitrogens with zero attached hydrogens (tertiary/aromatic N) is 5. The lowest BCUT2D eigenvalue weighted by molar-refractivity contribution is 0.0367. The van der Waals surface area contributed by atoms with E-state index in [-0.39, 0.29) is 12.5 Å². The number of fused-ring (bicyclic) bond motifs is 2. The molecule has 2 fully saturated rings. The molecule has 0 spiro atoms. The maximum absolute atomic E-state index is 14.0. The fourth-order valence-corrected chi connectivity index (χ4v) is 6.19. The highest BCUT2D eigenvalue weighted by Crippen LogP contribution is 2.25. The van der Waals surface area contributed by atoms with Crippen LogP contribution in [0.3, 0.4) is 0 Å². The maximum Gasteiger partial charge on any atom is 0.255 e. The first-order chi connectivity index (χ1) is 24.8. The van der Waals surface area contributed by atoms with E-state index in [0.29, 0.717) is 28.0 Å². The van der Waals surface area contributed by atoms with Gasteiger partial charge in [-0.2, -0.15) is 5.10 Å². The molecule has 0 aliphatic carbocycles. The number of aryl methyl sites for hydroxylation is 2. The SMILES string of the molecule is C1COC1.C=N/C(=C\C=C/CC1CCN(Cc2nc3cc(C(=O)Nc4ccc5n[nH]c(C)c5c4)ccc3n2C)CC1)OCc1ccc(Cl)cc1F. The average molecular weight is 712 g/mol. The number of imidazole rings is 1. The molecule has 7 rings (SSSR count). The van der Waals surface area contributed by atoms with Gasteiger partial charge in [0.15, 0.2) is 0 Å². The number of carbonyl (C=O) groups excluding carboxylic acids is 1. The summed E-state index contributed by atoms with van der Waals surface area (Å²) >= 11 is 5.82. The Kier molecular flexibility index (Phi) is 11.9. The normalized spacial score (nSPS) is 15.5. The zero-order valence-electron chi connectivity index (χ0n) is 29.0. The summed E-state index contributed by atoms with van der Waals surface area (Å²) in [4.78, 5) is 24.3. The van der Waals surface area contributed by atoms with E-state index in [1.807, 2.05) is 56.4 Å². The standard InChI is InChI=1S/C36H37ClFN7O2.C3H6O/c1-23-29-20-28(11-12-31(29)43-42-23)40-36(46)25-9-13-33-32(18-25)41-34(44(33)3)21-45-16-14-24(15-17-45)6-4-5-7-35(39-2)47-22-26-8-10-27(37)19-30(26)38;1-2-4-3-1/h4-5,7-13,18-20,24H,2,6,14-17,21-22H2,1,3H3,(H,40,46)(H,42,43);1-3H2/b5-4-,35-7+;. The minimum atomic E-state index is -0.413. The van der Waals surface area contributed by atoms with Gasteiger partial charge < -0.3 is 19.4 Å². The number of anilines is 1. The summed E-state index contributed by atoms with van der Waals surface area (Å²) in [6, 6.07) is 15.8. The van der Waals surface area contributed by atoms with Gasteiger partial charge in [0.25, 0.3) is 5.91 Å². The first kappa shape index (κ1) is 36.0. The van der Waals surface area contributed by atoms with Crippen molar-refractivity contribution in [3.8, 4) is 0 Å². The van der Waals surface area contributed by atoms with Crippen molar-refractivity contribution >= 4 is 51.8 Å². The molecule has 2 N–H and O–H groups in total. The van der Waals surface area contributed by atoms with E-state index >= 15 is 0 Å². The lowest BCUT2D eigenvalue weighted by atomic mass is 9.93. The Morgan fingerprint density at radius 2 is 1.94 bits per heavy atom. The largest absolute Gasteiger partial charge is 0.473 e. The van der Waals surface area contributed by atoms with Crippen LogP contribution in [-0.4, -0.2) is 63.6 Å². The molecular formula is C39H43ClFN7O3. The van der Waals surface area contributed by atoms with Crippen LogP contribution in [0.15, 0.2) is 83.7 Å². The van der Waals surface area contributed by atoms with Crippen molar-refractivity contribution in [1.29, 1.82) is 0 Å². The van der Waals surface area contributed by atoms with Crippen molar-refractivity contribution in [3.05, 3.63) is 112 Å². The molecule has 1 amide bonds. The number of allylic oxidation sites excluding steroid dienone is 3. The Hall–Kier alpha value is -4.84. The highest BCUT2D eigenvalue weighted by Gasteiger charge is 2.21. The number of hydrogen-bond acceptors (Lipinski definition) is 7. The average Bonchev–Trinajstić information content (AvgIpc) is 3.62. The number of rotatable bonds is 11. The van der Waals surface area contributed by atoms with Crippen LogP contribution in [0.4, 0.5) is 10.1 Å². The van der Waals surface area contributed by atoms with Crippen molar-refractivity contribution in [1.82, 2.24) is 24.6 Å². The molecule has 0 atom stereocenters. The van der Waals surface area contributed by atoms with Gasteiger partial charge in [0.05, 0.1) is 23.1 Å². The minimum absolute atomic E-state index is 0.0478. The van der Waals surface area contributed by atoms with Crippen molar-refractivity contribution in [2.24, 2.45) is 18.0 Å². The quantitative estimate of drug-likeness (QED) is 0.0814.